The van der Waals surface area contributed by atoms with Crippen molar-refractivity contribution >= 4 is 0 Å². The Morgan fingerprint density at radius 1 is 1.07 bits per heavy atom. The molecule has 80 valence electrons. The zero-order chi connectivity index (χ0) is 10.1. The zero-order valence-electron chi connectivity index (χ0n) is 9.21. The van der Waals surface area contributed by atoms with Crippen molar-refractivity contribution in [2.24, 2.45) is 0 Å². The summed E-state index contributed by atoms with van der Waals surface area (Å²) in [6, 6.07) is 9.80. The van der Waals surface area contributed by atoms with Crippen molar-refractivity contribution in [2.75, 3.05) is 6.54 Å². The number of rotatable bonds is 1. The lowest BCUT2D eigenvalue weighted by Gasteiger charge is -2.30. The van der Waals surface area contributed by atoms with E-state index in [1.165, 1.54) is 38.6 Å². The topological polar surface area (TPSA) is 12.0 Å². The molecule has 0 amide bonds. The van der Waals surface area contributed by atoms with Gasteiger partial charge in [-0.1, -0.05) is 24.3 Å². The van der Waals surface area contributed by atoms with Crippen LogP contribution in [0.4, 0.5) is 0 Å². The highest BCUT2D eigenvalue weighted by molar-refractivity contribution is 5.33. The maximum absolute atomic E-state index is 3.67. The maximum Gasteiger partial charge on any atom is 0.0136 e. The molecule has 2 unspecified atom stereocenters. The second-order valence-electron chi connectivity index (χ2n) is 4.90. The van der Waals surface area contributed by atoms with Crippen LogP contribution in [0.3, 0.4) is 0 Å². The van der Waals surface area contributed by atoms with Gasteiger partial charge in [-0.2, -0.15) is 0 Å². The lowest BCUT2D eigenvalue weighted by molar-refractivity contribution is 0.432. The minimum atomic E-state index is 0.756. The maximum atomic E-state index is 3.67. The zero-order valence-corrected chi connectivity index (χ0v) is 9.21. The predicted molar refractivity (Wildman–Crippen MR) is 63.1 cm³/mol. The smallest absolute Gasteiger partial charge is 0.0136 e. The SMILES string of the molecule is c1ccc2c(c1)CCCC2C1CCCN1. The van der Waals surface area contributed by atoms with Crippen LogP contribution in [0.5, 0.6) is 0 Å². The second kappa shape index (κ2) is 3.97. The number of nitrogens with one attached hydrogen (secondary N) is 1. The molecular weight excluding hydrogens is 182 g/mol. The number of benzene rings is 1. The molecule has 0 radical (unpaired) electrons. The Morgan fingerprint density at radius 3 is 2.87 bits per heavy atom. The summed E-state index contributed by atoms with van der Waals surface area (Å²) in [7, 11) is 0. The first-order valence-electron chi connectivity index (χ1n) is 6.26. The molecule has 0 aromatic heterocycles. The average Bonchev–Trinajstić information content (AvgIpc) is 2.82. The van der Waals surface area contributed by atoms with E-state index in [0.29, 0.717) is 0 Å². The fourth-order valence-corrected chi connectivity index (χ4v) is 3.26. The fraction of sp³-hybridized carbons (Fsp3) is 0.571. The first-order valence-corrected chi connectivity index (χ1v) is 6.26. The summed E-state index contributed by atoms with van der Waals surface area (Å²) >= 11 is 0. The third-order valence-electron chi connectivity index (χ3n) is 4.00. The molecule has 1 N–H and O–H groups in total. The second-order valence-corrected chi connectivity index (χ2v) is 4.90. The van der Waals surface area contributed by atoms with Gasteiger partial charge in [0.05, 0.1) is 0 Å². The van der Waals surface area contributed by atoms with Crippen molar-refractivity contribution in [3.63, 3.8) is 0 Å². The van der Waals surface area contributed by atoms with Crippen molar-refractivity contribution in [3.05, 3.63) is 35.4 Å². The highest BCUT2D eigenvalue weighted by Crippen LogP contribution is 2.36. The van der Waals surface area contributed by atoms with Gasteiger partial charge in [-0.3, -0.25) is 0 Å². The highest BCUT2D eigenvalue weighted by Gasteiger charge is 2.29. The molecule has 1 aliphatic carbocycles. The normalized spacial score (nSPS) is 30.1. The van der Waals surface area contributed by atoms with Crippen LogP contribution in [-0.2, 0) is 6.42 Å². The van der Waals surface area contributed by atoms with Gasteiger partial charge in [0.15, 0.2) is 0 Å². The van der Waals surface area contributed by atoms with Gasteiger partial charge < -0.3 is 5.32 Å². The van der Waals surface area contributed by atoms with Crippen LogP contribution < -0.4 is 5.32 Å². The molecule has 1 saturated heterocycles. The quantitative estimate of drug-likeness (QED) is 0.736. The fourth-order valence-electron chi connectivity index (χ4n) is 3.26. The minimum Gasteiger partial charge on any atom is -0.313 e. The molecule has 15 heavy (non-hydrogen) atoms. The molecule has 2 atom stereocenters. The van der Waals surface area contributed by atoms with Gasteiger partial charge in [0, 0.05) is 6.04 Å². The summed E-state index contributed by atoms with van der Waals surface area (Å²) in [6.45, 7) is 1.23. The van der Waals surface area contributed by atoms with Crippen molar-refractivity contribution in [3.8, 4) is 0 Å². The largest absolute Gasteiger partial charge is 0.313 e. The Morgan fingerprint density at radius 2 is 2.00 bits per heavy atom. The predicted octanol–water partition coefficient (Wildman–Crippen LogP) is 2.86. The number of fused-ring (bicyclic) bond motifs is 1. The van der Waals surface area contributed by atoms with Gasteiger partial charge in [0.1, 0.15) is 0 Å². The van der Waals surface area contributed by atoms with Crippen LogP contribution in [0.25, 0.3) is 0 Å². The van der Waals surface area contributed by atoms with E-state index in [-0.39, 0.29) is 0 Å². The van der Waals surface area contributed by atoms with Crippen LogP contribution in [0.1, 0.15) is 42.7 Å². The Balaban J connectivity index is 1.91. The summed E-state index contributed by atoms with van der Waals surface area (Å²) in [5.41, 5.74) is 3.23. The average molecular weight is 201 g/mol. The molecule has 2 aliphatic rings. The van der Waals surface area contributed by atoms with E-state index in [1.54, 1.807) is 11.1 Å². The van der Waals surface area contributed by atoms with E-state index in [4.69, 9.17) is 0 Å². The van der Waals surface area contributed by atoms with E-state index >= 15 is 0 Å². The molecule has 1 nitrogen and oxygen atoms in total. The van der Waals surface area contributed by atoms with E-state index in [2.05, 4.69) is 29.6 Å². The number of aryl methyl sites for hydroxylation is 1. The minimum absolute atomic E-state index is 0.756. The molecule has 1 aliphatic heterocycles. The van der Waals surface area contributed by atoms with Gasteiger partial charge in [-0.25, -0.2) is 0 Å². The summed E-state index contributed by atoms with van der Waals surface area (Å²) < 4.78 is 0. The lowest BCUT2D eigenvalue weighted by Crippen LogP contribution is -2.31. The number of hydrogen-bond acceptors (Lipinski definition) is 1. The van der Waals surface area contributed by atoms with Crippen molar-refractivity contribution in [1.29, 1.82) is 0 Å². The summed E-state index contributed by atoms with van der Waals surface area (Å²) in [4.78, 5) is 0. The van der Waals surface area contributed by atoms with E-state index in [0.717, 1.165) is 12.0 Å². The molecule has 1 heterocycles. The monoisotopic (exact) mass is 201 g/mol. The Hall–Kier alpha value is -0.820. The Bertz CT molecular complexity index is 339. The van der Waals surface area contributed by atoms with Gasteiger partial charge in [0.25, 0.3) is 0 Å². The van der Waals surface area contributed by atoms with E-state index in [9.17, 15) is 0 Å². The molecule has 0 spiro atoms. The third-order valence-corrected chi connectivity index (χ3v) is 4.00. The molecular formula is C14H19N. The van der Waals surface area contributed by atoms with Crippen molar-refractivity contribution < 1.29 is 0 Å². The highest BCUT2D eigenvalue weighted by atomic mass is 14.9. The molecule has 1 aromatic rings. The molecule has 1 fully saturated rings. The van der Waals surface area contributed by atoms with Gasteiger partial charge in [-0.15, -0.1) is 0 Å². The first kappa shape index (κ1) is 9.41. The lowest BCUT2D eigenvalue weighted by atomic mass is 9.78. The molecule has 3 rings (SSSR count). The van der Waals surface area contributed by atoms with Crippen molar-refractivity contribution in [2.45, 2.75) is 44.1 Å². The van der Waals surface area contributed by atoms with Gasteiger partial charge >= 0.3 is 0 Å². The summed E-state index contributed by atoms with van der Waals surface area (Å²) in [5, 5.41) is 3.67. The molecule has 1 heteroatoms. The first-order chi connectivity index (χ1) is 7.45. The third kappa shape index (κ3) is 1.69. The Labute approximate surface area is 91.9 Å². The van der Waals surface area contributed by atoms with Gasteiger partial charge in [0.2, 0.25) is 0 Å². The van der Waals surface area contributed by atoms with Crippen LogP contribution in [0, 0.1) is 0 Å². The van der Waals surface area contributed by atoms with Crippen LogP contribution >= 0.6 is 0 Å². The molecule has 0 bridgehead atoms. The standard InChI is InChI=1S/C14H19N/c1-2-7-12-11(5-1)6-3-8-13(12)14-9-4-10-15-14/h1-2,5,7,13-15H,3-4,6,8-10H2. The van der Waals surface area contributed by atoms with Crippen LogP contribution in [-0.4, -0.2) is 12.6 Å². The van der Waals surface area contributed by atoms with Crippen molar-refractivity contribution in [1.82, 2.24) is 5.32 Å². The molecule has 0 saturated carbocycles. The summed E-state index contributed by atoms with van der Waals surface area (Å²) in [6.07, 6.45) is 6.79. The van der Waals surface area contributed by atoms with Gasteiger partial charge in [-0.05, 0) is 55.7 Å². The van der Waals surface area contributed by atoms with E-state index in [1.807, 2.05) is 0 Å². The molecule has 1 aromatic carbocycles. The van der Waals surface area contributed by atoms with E-state index < -0.39 is 0 Å². The Kier molecular flexibility index (Phi) is 2.49. The van der Waals surface area contributed by atoms with Crippen LogP contribution in [0.2, 0.25) is 0 Å². The summed E-state index contributed by atoms with van der Waals surface area (Å²) in [5.74, 6) is 0.789. The van der Waals surface area contributed by atoms with Crippen LogP contribution in [0.15, 0.2) is 24.3 Å². The number of hydrogen-bond donors (Lipinski definition) is 1.